The maximum absolute atomic E-state index is 11.6. The van der Waals surface area contributed by atoms with Gasteiger partial charge in [0.05, 0.1) is 12.6 Å². The van der Waals surface area contributed by atoms with Gasteiger partial charge in [-0.25, -0.2) is 4.79 Å². The van der Waals surface area contributed by atoms with E-state index >= 15 is 0 Å². The molecule has 2 amide bonds. The van der Waals surface area contributed by atoms with Gasteiger partial charge in [0.2, 0.25) is 5.91 Å². The fraction of sp³-hybridized carbons (Fsp3) is 0.640. The number of nitrogens with one attached hydrogen (secondary N) is 2. The number of para-hydroxylation sites is 1. The number of carbonyl (C=O) groups is 3. The van der Waals surface area contributed by atoms with Crippen molar-refractivity contribution in [1.29, 1.82) is 0 Å². The van der Waals surface area contributed by atoms with Crippen molar-refractivity contribution in [2.45, 2.75) is 76.6 Å². The molecule has 0 spiro atoms. The first kappa shape index (κ1) is 27.6. The summed E-state index contributed by atoms with van der Waals surface area (Å²) in [6, 6.07) is 7.72. The van der Waals surface area contributed by atoms with Crippen molar-refractivity contribution in [2.75, 3.05) is 26.7 Å². The minimum Gasteiger partial charge on any atom is -0.493 e. The Morgan fingerprint density at radius 1 is 1.29 bits per heavy atom. The van der Waals surface area contributed by atoms with Crippen LogP contribution in [0.15, 0.2) is 24.3 Å². The first-order valence-corrected chi connectivity index (χ1v) is 12.0. The summed E-state index contributed by atoms with van der Waals surface area (Å²) in [4.78, 5) is 36.0. The summed E-state index contributed by atoms with van der Waals surface area (Å²) in [6.07, 6.45) is 4.97. The number of nitrogens with two attached hydrogens (primary N) is 1. The third-order valence-electron chi connectivity index (χ3n) is 5.87. The number of carbonyl (C=O) groups excluding carboxylic acids is 3. The molecule has 1 aromatic rings. The number of fused-ring (bicyclic) bond motifs is 1. The summed E-state index contributed by atoms with van der Waals surface area (Å²) in [6.45, 7) is 7.19. The molecule has 0 bridgehead atoms. The fourth-order valence-corrected chi connectivity index (χ4v) is 4.12. The van der Waals surface area contributed by atoms with E-state index in [-0.39, 0.29) is 11.9 Å². The number of ether oxygens (including phenoxy) is 2. The van der Waals surface area contributed by atoms with E-state index in [9.17, 15) is 14.4 Å². The lowest BCUT2D eigenvalue weighted by Gasteiger charge is -2.24. The number of likely N-dealkylation sites (N-methyl/N-ethyl adjacent to an activating group) is 1. The van der Waals surface area contributed by atoms with Crippen LogP contribution in [0.2, 0.25) is 0 Å². The maximum Gasteiger partial charge on any atom is 0.408 e. The van der Waals surface area contributed by atoms with E-state index in [2.05, 4.69) is 22.8 Å². The van der Waals surface area contributed by atoms with Gasteiger partial charge < -0.3 is 30.6 Å². The van der Waals surface area contributed by atoms with Gasteiger partial charge in [0.15, 0.2) is 0 Å². The second-order valence-electron chi connectivity index (χ2n) is 9.76. The highest BCUT2D eigenvalue weighted by Gasteiger charge is 2.33. The van der Waals surface area contributed by atoms with E-state index in [1.165, 1.54) is 12.0 Å². The van der Waals surface area contributed by atoms with E-state index in [0.29, 0.717) is 25.4 Å². The van der Waals surface area contributed by atoms with E-state index in [1.807, 2.05) is 24.1 Å². The largest absolute Gasteiger partial charge is 0.493 e. The lowest BCUT2D eigenvalue weighted by molar-refractivity contribution is -0.122. The van der Waals surface area contributed by atoms with Gasteiger partial charge in [-0.2, -0.15) is 0 Å². The number of aryl methyl sites for hydroxylation is 1. The van der Waals surface area contributed by atoms with Crippen LogP contribution in [0, 0.1) is 0 Å². The van der Waals surface area contributed by atoms with Crippen LogP contribution in [-0.2, 0) is 20.7 Å². The summed E-state index contributed by atoms with van der Waals surface area (Å²) in [5, 5.41) is 5.67. The summed E-state index contributed by atoms with van der Waals surface area (Å²) >= 11 is 0. The van der Waals surface area contributed by atoms with Gasteiger partial charge in [-0.15, -0.1) is 0 Å². The zero-order valence-corrected chi connectivity index (χ0v) is 20.8. The highest BCUT2D eigenvalue weighted by Crippen LogP contribution is 2.24. The number of aldehydes is 1. The Morgan fingerprint density at radius 2 is 2.03 bits per heavy atom. The Bertz CT molecular complexity index is 786. The predicted molar refractivity (Wildman–Crippen MR) is 131 cm³/mol. The van der Waals surface area contributed by atoms with Crippen LogP contribution in [0.5, 0.6) is 5.75 Å². The highest BCUT2D eigenvalue weighted by molar-refractivity contribution is 5.80. The average Bonchev–Trinajstić information content (AvgIpc) is 3.15. The first-order chi connectivity index (χ1) is 16.1. The number of hydrogen-bond donors (Lipinski definition) is 3. The van der Waals surface area contributed by atoms with Crippen LogP contribution in [0.3, 0.4) is 0 Å². The van der Waals surface area contributed by atoms with Crippen LogP contribution >= 0.6 is 0 Å². The Morgan fingerprint density at radius 3 is 2.65 bits per heavy atom. The molecular weight excluding hydrogens is 436 g/mol. The normalized spacial score (nSPS) is 20.7. The van der Waals surface area contributed by atoms with Crippen molar-refractivity contribution >= 4 is 18.3 Å². The second-order valence-corrected chi connectivity index (χ2v) is 9.76. The Kier molecular flexibility index (Phi) is 10.8. The SMILES string of the molecule is CN1C(C(N)=O)CC[C@@H]1CCNCC(C=O)NC(=O)OC(C)(C)C.c1ccc2c(c1)CCCO2. The summed E-state index contributed by atoms with van der Waals surface area (Å²) in [5.74, 6) is 0.796. The van der Waals surface area contributed by atoms with E-state index in [4.69, 9.17) is 15.2 Å². The summed E-state index contributed by atoms with van der Waals surface area (Å²) in [5.41, 5.74) is 6.12. The van der Waals surface area contributed by atoms with Crippen LogP contribution in [0.25, 0.3) is 0 Å². The van der Waals surface area contributed by atoms with Gasteiger partial charge in [-0.05, 0) is 78.1 Å². The molecule has 0 aromatic heterocycles. The molecule has 34 heavy (non-hydrogen) atoms. The highest BCUT2D eigenvalue weighted by atomic mass is 16.6. The molecule has 2 heterocycles. The molecular formula is C25H40N4O5. The zero-order chi connectivity index (χ0) is 25.1. The number of primary amides is 1. The second kappa shape index (κ2) is 13.3. The van der Waals surface area contributed by atoms with Crippen molar-refractivity contribution in [3.63, 3.8) is 0 Å². The smallest absolute Gasteiger partial charge is 0.408 e. The fourth-order valence-electron chi connectivity index (χ4n) is 4.12. The van der Waals surface area contributed by atoms with Gasteiger partial charge in [0.1, 0.15) is 23.7 Å². The lowest BCUT2D eigenvalue weighted by Crippen LogP contribution is -2.46. The minimum absolute atomic E-state index is 0.188. The van der Waals surface area contributed by atoms with Gasteiger partial charge in [-0.1, -0.05) is 18.2 Å². The Labute approximate surface area is 202 Å². The number of benzene rings is 1. The van der Waals surface area contributed by atoms with Crippen molar-refractivity contribution < 1.29 is 23.9 Å². The Balaban J connectivity index is 0.000000333. The molecule has 4 N–H and O–H groups in total. The Hall–Kier alpha value is -2.65. The number of nitrogens with zero attached hydrogens (tertiary/aromatic N) is 1. The van der Waals surface area contributed by atoms with Crippen molar-refractivity contribution in [2.24, 2.45) is 5.73 Å². The number of amides is 2. The van der Waals surface area contributed by atoms with Crippen LogP contribution in [0.4, 0.5) is 4.79 Å². The maximum atomic E-state index is 11.6. The quantitative estimate of drug-likeness (QED) is 0.387. The molecule has 2 aliphatic heterocycles. The van der Waals surface area contributed by atoms with Gasteiger partial charge in [-0.3, -0.25) is 9.69 Å². The molecule has 1 fully saturated rings. The zero-order valence-electron chi connectivity index (χ0n) is 20.8. The topological polar surface area (TPSA) is 123 Å². The number of likely N-dealkylation sites (tertiary alicyclic amines) is 1. The van der Waals surface area contributed by atoms with E-state index in [0.717, 1.165) is 38.0 Å². The molecule has 0 saturated carbocycles. The number of hydrogen-bond acceptors (Lipinski definition) is 7. The summed E-state index contributed by atoms with van der Waals surface area (Å²) < 4.78 is 10.5. The molecule has 0 aliphatic carbocycles. The lowest BCUT2D eigenvalue weighted by atomic mass is 10.1. The van der Waals surface area contributed by atoms with Crippen molar-refractivity contribution in [3.05, 3.63) is 29.8 Å². The molecule has 190 valence electrons. The molecule has 0 radical (unpaired) electrons. The average molecular weight is 477 g/mol. The van der Waals surface area contributed by atoms with Crippen molar-refractivity contribution in [1.82, 2.24) is 15.5 Å². The predicted octanol–water partition coefficient (Wildman–Crippen LogP) is 2.02. The monoisotopic (exact) mass is 476 g/mol. The third kappa shape index (κ3) is 9.30. The molecule has 2 unspecified atom stereocenters. The molecule has 3 atom stereocenters. The van der Waals surface area contributed by atoms with E-state index < -0.39 is 17.7 Å². The number of alkyl carbamates (subject to hydrolysis) is 1. The first-order valence-electron chi connectivity index (χ1n) is 12.0. The number of rotatable bonds is 8. The molecule has 9 nitrogen and oxygen atoms in total. The van der Waals surface area contributed by atoms with E-state index in [1.54, 1.807) is 20.8 Å². The van der Waals surface area contributed by atoms with Gasteiger partial charge >= 0.3 is 6.09 Å². The van der Waals surface area contributed by atoms with Crippen LogP contribution < -0.4 is 21.1 Å². The van der Waals surface area contributed by atoms with Crippen LogP contribution in [0.1, 0.15) is 52.0 Å². The third-order valence-corrected chi connectivity index (χ3v) is 5.87. The molecule has 1 saturated heterocycles. The molecule has 3 rings (SSSR count). The van der Waals surface area contributed by atoms with Gasteiger partial charge in [0, 0.05) is 12.6 Å². The minimum atomic E-state index is -0.639. The molecule has 2 aliphatic rings. The van der Waals surface area contributed by atoms with Crippen LogP contribution in [-0.4, -0.2) is 73.7 Å². The van der Waals surface area contributed by atoms with Gasteiger partial charge in [0.25, 0.3) is 0 Å². The molecule has 1 aromatic carbocycles. The standard InChI is InChI=1S/C16H30N4O4.C9H10O/c1-16(2,3)24-15(23)19-11(10-21)9-18-8-7-12-5-6-13(14(17)22)20(12)4;1-2-6-9-8(4-1)5-3-7-10-9/h10-13,18H,5-9H2,1-4H3,(H2,17,22)(H,19,23);1-2,4,6H,3,5,7H2/t11?,12-,13?;/m1./s1. The molecule has 9 heteroatoms. The summed E-state index contributed by atoms with van der Waals surface area (Å²) in [7, 11) is 1.91. The van der Waals surface area contributed by atoms with Crippen molar-refractivity contribution in [3.8, 4) is 5.75 Å².